The van der Waals surface area contributed by atoms with Crippen molar-refractivity contribution >= 4 is 51.3 Å². The Hall–Kier alpha value is -3.00. The third kappa shape index (κ3) is 4.07. The molecule has 0 fully saturated rings. The Morgan fingerprint density at radius 1 is 1.00 bits per heavy atom. The molecule has 6 nitrogen and oxygen atoms in total. The Morgan fingerprint density at radius 2 is 1.81 bits per heavy atom. The van der Waals surface area contributed by atoms with Gasteiger partial charge in [0.25, 0.3) is 0 Å². The minimum atomic E-state index is 0.468. The fourth-order valence-electron chi connectivity index (χ4n) is 3.57. The first-order chi connectivity index (χ1) is 15.5. The monoisotopic (exact) mass is 480 g/mol. The van der Waals surface area contributed by atoms with Gasteiger partial charge in [-0.25, -0.2) is 14.5 Å². The van der Waals surface area contributed by atoms with Crippen molar-refractivity contribution in [1.82, 2.24) is 24.6 Å². The second-order valence-electron chi connectivity index (χ2n) is 7.35. The van der Waals surface area contributed by atoms with Gasteiger partial charge in [-0.3, -0.25) is 0 Å². The zero-order valence-electron chi connectivity index (χ0n) is 17.3. The maximum Gasteiger partial charge on any atom is 0.249 e. The largest absolute Gasteiger partial charge is 0.307 e. The summed E-state index contributed by atoms with van der Waals surface area (Å²) in [6.45, 7) is 3.88. The van der Waals surface area contributed by atoms with Gasteiger partial charge in [-0.1, -0.05) is 53.5 Å². The first kappa shape index (κ1) is 20.9. The fraction of sp³-hybridized carbons (Fsp3) is 0.130. The summed E-state index contributed by atoms with van der Waals surface area (Å²) in [5, 5.41) is 11.1. The second kappa shape index (κ2) is 8.50. The lowest BCUT2D eigenvalue weighted by atomic mass is 10.0. The van der Waals surface area contributed by atoms with Crippen molar-refractivity contribution < 1.29 is 0 Å². The van der Waals surface area contributed by atoms with Gasteiger partial charge < -0.3 is 5.32 Å². The zero-order valence-corrected chi connectivity index (χ0v) is 19.6. The average Bonchev–Trinajstić information content (AvgIpc) is 3.32. The van der Waals surface area contributed by atoms with Crippen molar-refractivity contribution in [1.29, 1.82) is 0 Å². The molecule has 9 heteroatoms. The van der Waals surface area contributed by atoms with E-state index in [0.29, 0.717) is 34.1 Å². The van der Waals surface area contributed by atoms with Crippen LogP contribution >= 0.6 is 34.5 Å². The molecule has 5 rings (SSSR count). The van der Waals surface area contributed by atoms with Crippen LogP contribution in [-0.4, -0.2) is 24.6 Å². The molecular weight excluding hydrogens is 463 g/mol. The maximum atomic E-state index is 6.42. The van der Waals surface area contributed by atoms with Crippen molar-refractivity contribution in [3.05, 3.63) is 86.6 Å². The van der Waals surface area contributed by atoms with Crippen LogP contribution in [0.4, 0.5) is 11.8 Å². The molecule has 0 aliphatic carbocycles. The first-order valence-corrected chi connectivity index (χ1v) is 11.6. The number of halogens is 2. The molecule has 1 N–H and O–H groups in total. The highest BCUT2D eigenvalue weighted by Gasteiger charge is 2.17. The number of anilines is 2. The third-order valence-electron chi connectivity index (χ3n) is 5.07. The quantitative estimate of drug-likeness (QED) is 0.310. The molecular formula is C23H18Cl2N6S. The van der Waals surface area contributed by atoms with Gasteiger partial charge in [-0.2, -0.15) is 4.98 Å². The van der Waals surface area contributed by atoms with Crippen LogP contribution in [0.2, 0.25) is 10.0 Å². The molecule has 160 valence electrons. The fourth-order valence-corrected chi connectivity index (χ4v) is 4.90. The van der Waals surface area contributed by atoms with Crippen molar-refractivity contribution in [3.63, 3.8) is 0 Å². The predicted octanol–water partition coefficient (Wildman–Crippen LogP) is 6.51. The molecule has 0 spiro atoms. The minimum absolute atomic E-state index is 0.468. The van der Waals surface area contributed by atoms with Crippen molar-refractivity contribution in [2.75, 3.05) is 5.32 Å². The summed E-state index contributed by atoms with van der Waals surface area (Å²) in [5.41, 5.74) is 4.83. The highest BCUT2D eigenvalue weighted by Crippen LogP contribution is 2.33. The molecule has 0 atom stereocenters. The van der Waals surface area contributed by atoms with Crippen LogP contribution in [0, 0.1) is 13.8 Å². The SMILES string of the molecule is Cc1nc(C)c(Cc2ccccc2)c(Nc2nc3scc(-c4ccc(Cl)cc4Cl)n3n2)n1. The van der Waals surface area contributed by atoms with Crippen LogP contribution in [0.3, 0.4) is 0 Å². The second-order valence-corrected chi connectivity index (χ2v) is 9.03. The van der Waals surface area contributed by atoms with Crippen LogP contribution in [0.1, 0.15) is 22.6 Å². The van der Waals surface area contributed by atoms with Crippen LogP contribution in [-0.2, 0) is 6.42 Å². The molecule has 0 bridgehead atoms. The number of thiazole rings is 1. The van der Waals surface area contributed by atoms with E-state index in [1.807, 2.05) is 49.6 Å². The van der Waals surface area contributed by atoms with Gasteiger partial charge >= 0.3 is 0 Å². The Balaban J connectivity index is 1.52. The summed E-state index contributed by atoms with van der Waals surface area (Å²) >= 11 is 14.0. The van der Waals surface area contributed by atoms with Gasteiger partial charge in [0.15, 0.2) is 0 Å². The molecule has 0 radical (unpaired) electrons. The summed E-state index contributed by atoms with van der Waals surface area (Å²) in [4.78, 5) is 14.6. The van der Waals surface area contributed by atoms with E-state index in [9.17, 15) is 0 Å². The lowest BCUT2D eigenvalue weighted by Crippen LogP contribution is -2.07. The summed E-state index contributed by atoms with van der Waals surface area (Å²) in [6, 6.07) is 15.7. The molecule has 0 saturated carbocycles. The first-order valence-electron chi connectivity index (χ1n) is 9.92. The molecule has 32 heavy (non-hydrogen) atoms. The molecule has 0 saturated heterocycles. The van der Waals surface area contributed by atoms with E-state index >= 15 is 0 Å². The Morgan fingerprint density at radius 3 is 2.59 bits per heavy atom. The third-order valence-corrected chi connectivity index (χ3v) is 6.43. The van der Waals surface area contributed by atoms with E-state index in [2.05, 4.69) is 37.5 Å². The molecule has 0 amide bonds. The van der Waals surface area contributed by atoms with Gasteiger partial charge in [-0.05, 0) is 37.6 Å². The van der Waals surface area contributed by atoms with E-state index in [1.165, 1.54) is 16.9 Å². The summed E-state index contributed by atoms with van der Waals surface area (Å²) in [6.07, 6.45) is 0.711. The highest BCUT2D eigenvalue weighted by atomic mass is 35.5. The molecule has 3 aromatic heterocycles. The average molecular weight is 481 g/mol. The number of nitrogens with zero attached hydrogens (tertiary/aromatic N) is 5. The summed E-state index contributed by atoms with van der Waals surface area (Å²) < 4.78 is 1.78. The normalized spacial score (nSPS) is 11.2. The Bertz CT molecular complexity index is 1430. The van der Waals surface area contributed by atoms with Crippen molar-refractivity contribution in [2.24, 2.45) is 0 Å². The molecule has 0 unspecified atom stereocenters. The number of nitrogens with one attached hydrogen (secondary N) is 1. The lowest BCUT2D eigenvalue weighted by molar-refractivity contribution is 0.952. The zero-order chi connectivity index (χ0) is 22.2. The number of benzene rings is 2. The van der Waals surface area contributed by atoms with Crippen molar-refractivity contribution in [3.8, 4) is 11.3 Å². The standard InChI is InChI=1S/C23H18Cl2N6S/c1-13-18(10-15-6-4-3-5-7-15)21(27-14(2)26-13)28-22-29-23-31(30-22)20(12-32-23)17-9-8-16(24)11-19(17)25/h3-9,11-12H,10H2,1-2H3,(H,26,27,28,30). The van der Waals surface area contributed by atoms with Crippen LogP contribution < -0.4 is 5.32 Å². The predicted molar refractivity (Wildman–Crippen MR) is 130 cm³/mol. The number of aromatic nitrogens is 5. The number of fused-ring (bicyclic) bond motifs is 1. The van der Waals surface area contributed by atoms with E-state index in [4.69, 9.17) is 23.2 Å². The molecule has 0 aliphatic rings. The van der Waals surface area contributed by atoms with E-state index in [1.54, 1.807) is 10.6 Å². The van der Waals surface area contributed by atoms with Gasteiger partial charge in [0.2, 0.25) is 10.9 Å². The molecule has 0 aliphatic heterocycles. The smallest absolute Gasteiger partial charge is 0.249 e. The number of hydrogen-bond acceptors (Lipinski definition) is 6. The van der Waals surface area contributed by atoms with Gasteiger partial charge in [0.05, 0.1) is 10.7 Å². The van der Waals surface area contributed by atoms with Gasteiger partial charge in [0, 0.05) is 33.6 Å². The van der Waals surface area contributed by atoms with E-state index in [-0.39, 0.29) is 0 Å². The van der Waals surface area contributed by atoms with Crippen LogP contribution in [0.25, 0.3) is 16.2 Å². The van der Waals surface area contributed by atoms with Crippen molar-refractivity contribution in [2.45, 2.75) is 20.3 Å². The Kier molecular flexibility index (Phi) is 5.55. The maximum absolute atomic E-state index is 6.42. The Labute approximate surface area is 198 Å². The topological polar surface area (TPSA) is 68.0 Å². The summed E-state index contributed by atoms with van der Waals surface area (Å²) in [5.74, 6) is 1.87. The van der Waals surface area contributed by atoms with Gasteiger partial charge in [-0.15, -0.1) is 16.4 Å². The minimum Gasteiger partial charge on any atom is -0.307 e. The highest BCUT2D eigenvalue weighted by molar-refractivity contribution is 7.15. The van der Waals surface area contributed by atoms with E-state index < -0.39 is 0 Å². The van der Waals surface area contributed by atoms with Crippen LogP contribution in [0.15, 0.2) is 53.9 Å². The number of rotatable bonds is 5. The molecule has 5 aromatic rings. The summed E-state index contributed by atoms with van der Waals surface area (Å²) in [7, 11) is 0. The molecule has 3 heterocycles. The lowest BCUT2D eigenvalue weighted by Gasteiger charge is -2.12. The van der Waals surface area contributed by atoms with Gasteiger partial charge in [0.1, 0.15) is 11.6 Å². The molecule has 2 aromatic carbocycles. The van der Waals surface area contributed by atoms with E-state index in [0.717, 1.165) is 27.5 Å². The number of aryl methyl sites for hydroxylation is 2. The van der Waals surface area contributed by atoms with Crippen LogP contribution in [0.5, 0.6) is 0 Å². The number of hydrogen-bond donors (Lipinski definition) is 1.